The summed E-state index contributed by atoms with van der Waals surface area (Å²) in [6.07, 6.45) is 4.12. The molecule has 0 spiro atoms. The third-order valence-corrected chi connectivity index (χ3v) is 4.46. The quantitative estimate of drug-likeness (QED) is 0.570. The van der Waals surface area contributed by atoms with Gasteiger partial charge in [-0.2, -0.15) is 0 Å². The molecule has 0 aromatic heterocycles. The number of halogens is 1. The number of hydrogen-bond acceptors (Lipinski definition) is 1. The summed E-state index contributed by atoms with van der Waals surface area (Å²) < 4.78 is 0.858. The van der Waals surface area contributed by atoms with Gasteiger partial charge < -0.3 is 4.90 Å². The van der Waals surface area contributed by atoms with Gasteiger partial charge >= 0.3 is 0 Å². The number of piperidine rings is 1. The molecule has 0 saturated carbocycles. The summed E-state index contributed by atoms with van der Waals surface area (Å²) in [5, 5.41) is 0. The first-order chi connectivity index (χ1) is 6.15. The first kappa shape index (κ1) is 11.8. The standard InChI is InChI=1S/C11H22IN/c1-4-9(2)13-7-5-11(6-8-13)10(3)12/h9-11H,4-8H2,1-3H3. The van der Waals surface area contributed by atoms with Crippen molar-refractivity contribution in [1.82, 2.24) is 4.90 Å². The van der Waals surface area contributed by atoms with E-state index in [-0.39, 0.29) is 0 Å². The molecule has 1 aliphatic heterocycles. The predicted octanol–water partition coefficient (Wildman–Crippen LogP) is 3.32. The highest BCUT2D eigenvalue weighted by atomic mass is 127. The van der Waals surface area contributed by atoms with E-state index >= 15 is 0 Å². The molecule has 78 valence electrons. The maximum atomic E-state index is 2.65. The van der Waals surface area contributed by atoms with Crippen molar-refractivity contribution in [1.29, 1.82) is 0 Å². The molecule has 0 aromatic carbocycles. The molecule has 0 bridgehead atoms. The summed E-state index contributed by atoms with van der Waals surface area (Å²) in [6.45, 7) is 9.65. The van der Waals surface area contributed by atoms with Crippen LogP contribution >= 0.6 is 22.6 Å². The van der Waals surface area contributed by atoms with Crippen LogP contribution < -0.4 is 0 Å². The average molecular weight is 295 g/mol. The second kappa shape index (κ2) is 5.54. The molecular weight excluding hydrogens is 273 g/mol. The normalized spacial score (nSPS) is 25.8. The number of alkyl halides is 1. The van der Waals surface area contributed by atoms with Gasteiger partial charge in [0.15, 0.2) is 0 Å². The van der Waals surface area contributed by atoms with Gasteiger partial charge in [0.25, 0.3) is 0 Å². The van der Waals surface area contributed by atoms with Crippen molar-refractivity contribution in [2.24, 2.45) is 5.92 Å². The molecule has 1 fully saturated rings. The minimum absolute atomic E-state index is 0.797. The molecular formula is C11H22IN. The van der Waals surface area contributed by atoms with Gasteiger partial charge in [-0.1, -0.05) is 36.4 Å². The van der Waals surface area contributed by atoms with Crippen LogP contribution in [0.1, 0.15) is 40.0 Å². The minimum Gasteiger partial charge on any atom is -0.301 e. The second-order valence-electron chi connectivity index (χ2n) is 4.31. The maximum absolute atomic E-state index is 2.65. The summed E-state index contributed by atoms with van der Waals surface area (Å²) in [6, 6.07) is 0.797. The third-order valence-electron chi connectivity index (χ3n) is 3.44. The van der Waals surface area contributed by atoms with Gasteiger partial charge in [0.1, 0.15) is 0 Å². The summed E-state index contributed by atoms with van der Waals surface area (Å²) in [7, 11) is 0. The molecule has 1 nitrogen and oxygen atoms in total. The number of hydrogen-bond donors (Lipinski definition) is 0. The van der Waals surface area contributed by atoms with Crippen molar-refractivity contribution < 1.29 is 0 Å². The summed E-state index contributed by atoms with van der Waals surface area (Å²) >= 11 is 2.58. The van der Waals surface area contributed by atoms with Crippen LogP contribution in [0.4, 0.5) is 0 Å². The number of likely N-dealkylation sites (tertiary alicyclic amines) is 1. The Kier molecular flexibility index (Phi) is 5.01. The number of nitrogens with zero attached hydrogens (tertiary/aromatic N) is 1. The Hall–Kier alpha value is 0.690. The molecule has 1 heterocycles. The summed E-state index contributed by atoms with van der Waals surface area (Å²) in [4.78, 5) is 2.65. The zero-order chi connectivity index (χ0) is 9.84. The van der Waals surface area contributed by atoms with Gasteiger partial charge in [-0.3, -0.25) is 0 Å². The lowest BCUT2D eigenvalue weighted by Crippen LogP contribution is -2.40. The van der Waals surface area contributed by atoms with E-state index in [1.165, 1.54) is 32.4 Å². The molecule has 2 unspecified atom stereocenters. The zero-order valence-corrected chi connectivity index (χ0v) is 11.3. The topological polar surface area (TPSA) is 3.24 Å². The van der Waals surface area contributed by atoms with Gasteiger partial charge in [0.2, 0.25) is 0 Å². The van der Waals surface area contributed by atoms with Crippen LogP contribution in [0.5, 0.6) is 0 Å². The van der Waals surface area contributed by atoms with Gasteiger partial charge in [0, 0.05) is 9.97 Å². The lowest BCUT2D eigenvalue weighted by atomic mass is 9.93. The van der Waals surface area contributed by atoms with E-state index < -0.39 is 0 Å². The molecule has 2 atom stereocenters. The van der Waals surface area contributed by atoms with Crippen LogP contribution in [0.2, 0.25) is 0 Å². The lowest BCUT2D eigenvalue weighted by molar-refractivity contribution is 0.139. The van der Waals surface area contributed by atoms with Crippen molar-refractivity contribution in [2.75, 3.05) is 13.1 Å². The van der Waals surface area contributed by atoms with Crippen molar-refractivity contribution in [3.63, 3.8) is 0 Å². The Morgan fingerprint density at radius 2 is 1.85 bits per heavy atom. The van der Waals surface area contributed by atoms with Gasteiger partial charge in [-0.05, 0) is 45.2 Å². The minimum atomic E-state index is 0.797. The smallest absolute Gasteiger partial charge is 0.0110 e. The van der Waals surface area contributed by atoms with Crippen molar-refractivity contribution in [3.05, 3.63) is 0 Å². The van der Waals surface area contributed by atoms with E-state index in [0.717, 1.165) is 15.9 Å². The van der Waals surface area contributed by atoms with E-state index in [0.29, 0.717) is 0 Å². The van der Waals surface area contributed by atoms with E-state index in [9.17, 15) is 0 Å². The molecule has 2 heteroatoms. The SMILES string of the molecule is CCC(C)N1CCC(C(C)I)CC1. The fourth-order valence-corrected chi connectivity index (χ4v) is 2.80. The number of rotatable bonds is 3. The molecule has 0 radical (unpaired) electrons. The van der Waals surface area contributed by atoms with Crippen LogP contribution in [0, 0.1) is 5.92 Å². The fraction of sp³-hybridized carbons (Fsp3) is 1.00. The molecule has 0 N–H and O–H groups in total. The van der Waals surface area contributed by atoms with Crippen LogP contribution in [-0.2, 0) is 0 Å². The van der Waals surface area contributed by atoms with E-state index in [1.54, 1.807) is 0 Å². The third kappa shape index (κ3) is 3.39. The van der Waals surface area contributed by atoms with Crippen molar-refractivity contribution in [3.8, 4) is 0 Å². The van der Waals surface area contributed by atoms with Crippen LogP contribution in [0.3, 0.4) is 0 Å². The monoisotopic (exact) mass is 295 g/mol. The predicted molar refractivity (Wildman–Crippen MR) is 67.5 cm³/mol. The van der Waals surface area contributed by atoms with Crippen LogP contribution in [-0.4, -0.2) is 28.0 Å². The highest BCUT2D eigenvalue weighted by molar-refractivity contribution is 14.1. The Labute approximate surface area is 96.4 Å². The van der Waals surface area contributed by atoms with Gasteiger partial charge in [0.05, 0.1) is 0 Å². The maximum Gasteiger partial charge on any atom is 0.0110 e. The molecule has 0 aromatic rings. The molecule has 1 saturated heterocycles. The molecule has 1 aliphatic rings. The highest BCUT2D eigenvalue weighted by Crippen LogP contribution is 2.26. The largest absolute Gasteiger partial charge is 0.301 e. The van der Waals surface area contributed by atoms with Crippen molar-refractivity contribution in [2.45, 2.75) is 50.0 Å². The molecule has 13 heavy (non-hydrogen) atoms. The highest BCUT2D eigenvalue weighted by Gasteiger charge is 2.23. The molecule has 0 aliphatic carbocycles. The van der Waals surface area contributed by atoms with Crippen LogP contribution in [0.15, 0.2) is 0 Å². The van der Waals surface area contributed by atoms with E-state index in [4.69, 9.17) is 0 Å². The zero-order valence-electron chi connectivity index (χ0n) is 9.09. The van der Waals surface area contributed by atoms with Gasteiger partial charge in [-0.25, -0.2) is 0 Å². The summed E-state index contributed by atoms with van der Waals surface area (Å²) in [5.74, 6) is 0.973. The lowest BCUT2D eigenvalue weighted by Gasteiger charge is -2.36. The average Bonchev–Trinajstić information content (AvgIpc) is 2.17. The van der Waals surface area contributed by atoms with Crippen LogP contribution in [0.25, 0.3) is 0 Å². The van der Waals surface area contributed by atoms with Gasteiger partial charge in [-0.15, -0.1) is 0 Å². The van der Waals surface area contributed by atoms with Crippen molar-refractivity contribution >= 4 is 22.6 Å². The second-order valence-corrected chi connectivity index (χ2v) is 6.27. The Balaban J connectivity index is 2.30. The molecule has 0 amide bonds. The van der Waals surface area contributed by atoms with E-state index in [1.807, 2.05) is 0 Å². The Bertz CT molecular complexity index is 139. The first-order valence-corrected chi connectivity index (χ1v) is 6.77. The molecule has 1 rings (SSSR count). The fourth-order valence-electron chi connectivity index (χ4n) is 2.08. The summed E-state index contributed by atoms with van der Waals surface area (Å²) in [5.41, 5.74) is 0. The van der Waals surface area contributed by atoms with E-state index in [2.05, 4.69) is 48.3 Å². The first-order valence-electron chi connectivity index (χ1n) is 5.53. The Morgan fingerprint density at radius 1 is 1.31 bits per heavy atom. The Morgan fingerprint density at radius 3 is 2.23 bits per heavy atom.